The van der Waals surface area contributed by atoms with E-state index >= 15 is 0 Å². The van der Waals surface area contributed by atoms with E-state index < -0.39 is 0 Å². The number of esters is 1. The van der Waals surface area contributed by atoms with E-state index in [1.165, 1.54) is 16.6 Å². The summed E-state index contributed by atoms with van der Waals surface area (Å²) in [7, 11) is 0. The lowest BCUT2D eigenvalue weighted by atomic mass is 10.1. The Bertz CT molecular complexity index is 1010. The predicted molar refractivity (Wildman–Crippen MR) is 122 cm³/mol. The molecule has 2 heterocycles. The number of nitrogens with zero attached hydrogens (tertiary/aromatic N) is 3. The average molecular weight is 426 g/mol. The number of rotatable bonds is 7. The average Bonchev–Trinajstić information content (AvgIpc) is 3.10. The molecule has 30 heavy (non-hydrogen) atoms. The lowest BCUT2D eigenvalue weighted by Crippen LogP contribution is -2.47. The van der Waals surface area contributed by atoms with Crippen LogP contribution in [0.3, 0.4) is 0 Å². The van der Waals surface area contributed by atoms with Gasteiger partial charge in [-0.3, -0.25) is 9.69 Å². The van der Waals surface area contributed by atoms with Gasteiger partial charge in [-0.2, -0.15) is 0 Å². The topological polar surface area (TPSA) is 37.7 Å². The largest absolute Gasteiger partial charge is 0.465 e. The second-order valence-corrected chi connectivity index (χ2v) is 8.10. The molecule has 1 aromatic heterocycles. The molecule has 0 atom stereocenters. The zero-order chi connectivity index (χ0) is 20.9. The lowest BCUT2D eigenvalue weighted by Gasteiger charge is -2.36. The molecule has 0 amide bonds. The van der Waals surface area contributed by atoms with Crippen LogP contribution in [0.25, 0.3) is 10.9 Å². The van der Waals surface area contributed by atoms with Crippen molar-refractivity contribution in [2.75, 3.05) is 44.2 Å². The summed E-state index contributed by atoms with van der Waals surface area (Å²) >= 11 is 6.14. The van der Waals surface area contributed by atoms with Gasteiger partial charge in [0.05, 0.1) is 6.61 Å². The van der Waals surface area contributed by atoms with Gasteiger partial charge in [-0.25, -0.2) is 0 Å². The van der Waals surface area contributed by atoms with E-state index in [9.17, 15) is 4.79 Å². The minimum atomic E-state index is -0.193. The Morgan fingerprint density at radius 2 is 1.87 bits per heavy atom. The first kappa shape index (κ1) is 20.8. The van der Waals surface area contributed by atoms with E-state index in [0.29, 0.717) is 6.61 Å². The highest BCUT2D eigenvalue weighted by atomic mass is 35.5. The van der Waals surface area contributed by atoms with Crippen LogP contribution in [0.4, 0.5) is 5.69 Å². The van der Waals surface area contributed by atoms with Crippen LogP contribution in [-0.2, 0) is 22.5 Å². The van der Waals surface area contributed by atoms with Gasteiger partial charge in [0.1, 0.15) is 6.54 Å². The van der Waals surface area contributed by atoms with Gasteiger partial charge in [0.15, 0.2) is 0 Å². The van der Waals surface area contributed by atoms with Gasteiger partial charge in [0.25, 0.3) is 0 Å². The van der Waals surface area contributed by atoms with Crippen LogP contribution in [0.5, 0.6) is 0 Å². The van der Waals surface area contributed by atoms with Crippen molar-refractivity contribution in [2.24, 2.45) is 0 Å². The molecule has 1 saturated heterocycles. The Hall–Kier alpha value is -2.50. The second-order valence-electron chi connectivity index (χ2n) is 7.66. The molecular formula is C24H28ClN3O2. The summed E-state index contributed by atoms with van der Waals surface area (Å²) in [6.45, 7) is 7.59. The van der Waals surface area contributed by atoms with E-state index in [0.717, 1.165) is 49.7 Å². The summed E-state index contributed by atoms with van der Waals surface area (Å²) in [4.78, 5) is 16.9. The molecule has 3 aromatic rings. The number of aromatic nitrogens is 1. The van der Waals surface area contributed by atoms with Crippen molar-refractivity contribution in [3.05, 3.63) is 65.3 Å². The van der Waals surface area contributed by atoms with Crippen LogP contribution in [-0.4, -0.2) is 54.8 Å². The van der Waals surface area contributed by atoms with Crippen LogP contribution < -0.4 is 4.90 Å². The maximum Gasteiger partial charge on any atom is 0.325 e. The number of para-hydroxylation sites is 1. The third-order valence-corrected chi connectivity index (χ3v) is 5.95. The summed E-state index contributed by atoms with van der Waals surface area (Å²) in [6.07, 6.45) is 3.08. The van der Waals surface area contributed by atoms with Gasteiger partial charge in [-0.05, 0) is 43.2 Å². The monoisotopic (exact) mass is 425 g/mol. The Morgan fingerprint density at radius 1 is 1.07 bits per heavy atom. The normalized spacial score (nSPS) is 14.9. The van der Waals surface area contributed by atoms with Gasteiger partial charge < -0.3 is 14.2 Å². The molecule has 1 fully saturated rings. The molecule has 0 saturated carbocycles. The molecule has 0 unspecified atom stereocenters. The Balaban J connectivity index is 1.38. The number of carbonyl (C=O) groups is 1. The summed E-state index contributed by atoms with van der Waals surface area (Å²) in [5.74, 6) is -0.193. The smallest absolute Gasteiger partial charge is 0.325 e. The molecular weight excluding hydrogens is 398 g/mol. The number of carbonyl (C=O) groups excluding carboxylic acids is 1. The molecule has 2 aromatic carbocycles. The summed E-state index contributed by atoms with van der Waals surface area (Å²) in [5.41, 5.74) is 3.57. The highest BCUT2D eigenvalue weighted by Gasteiger charge is 2.18. The quantitative estimate of drug-likeness (QED) is 0.531. The number of ether oxygens (including phenoxy) is 1. The number of hydrogen-bond donors (Lipinski definition) is 0. The van der Waals surface area contributed by atoms with E-state index in [4.69, 9.17) is 16.3 Å². The van der Waals surface area contributed by atoms with Gasteiger partial charge in [0, 0.05) is 60.5 Å². The molecule has 0 bridgehead atoms. The van der Waals surface area contributed by atoms with Crippen molar-refractivity contribution in [3.8, 4) is 0 Å². The molecule has 4 rings (SSSR count). The van der Waals surface area contributed by atoms with Crippen molar-refractivity contribution in [1.29, 1.82) is 0 Å². The van der Waals surface area contributed by atoms with Gasteiger partial charge in [-0.15, -0.1) is 0 Å². The van der Waals surface area contributed by atoms with E-state index in [1.54, 1.807) is 0 Å². The molecule has 0 radical (unpaired) electrons. The number of piperazine rings is 1. The minimum Gasteiger partial charge on any atom is -0.465 e. The first-order chi connectivity index (χ1) is 14.6. The predicted octanol–water partition coefficient (Wildman–Crippen LogP) is 4.22. The first-order valence-corrected chi connectivity index (χ1v) is 11.0. The second kappa shape index (κ2) is 9.54. The van der Waals surface area contributed by atoms with E-state index in [-0.39, 0.29) is 12.5 Å². The molecule has 1 aliphatic heterocycles. The summed E-state index contributed by atoms with van der Waals surface area (Å²) in [5, 5.41) is 2.01. The molecule has 1 aliphatic rings. The van der Waals surface area contributed by atoms with Crippen LogP contribution in [0.1, 0.15) is 12.5 Å². The van der Waals surface area contributed by atoms with Crippen LogP contribution in [0.2, 0.25) is 5.02 Å². The van der Waals surface area contributed by atoms with Crippen molar-refractivity contribution in [2.45, 2.75) is 19.9 Å². The molecule has 158 valence electrons. The highest BCUT2D eigenvalue weighted by Crippen LogP contribution is 2.23. The van der Waals surface area contributed by atoms with Crippen LogP contribution >= 0.6 is 11.6 Å². The Morgan fingerprint density at radius 3 is 2.63 bits per heavy atom. The Labute approximate surface area is 182 Å². The fourth-order valence-corrected chi connectivity index (χ4v) is 4.36. The fourth-order valence-electron chi connectivity index (χ4n) is 4.18. The summed E-state index contributed by atoms with van der Waals surface area (Å²) < 4.78 is 7.15. The summed E-state index contributed by atoms with van der Waals surface area (Å²) in [6, 6.07) is 16.4. The third kappa shape index (κ3) is 4.79. The van der Waals surface area contributed by atoms with Crippen LogP contribution in [0.15, 0.2) is 54.7 Å². The molecule has 5 nitrogen and oxygen atoms in total. The fraction of sp³-hybridized carbons (Fsp3) is 0.375. The number of halogens is 1. The first-order valence-electron chi connectivity index (χ1n) is 10.6. The number of anilines is 1. The minimum absolute atomic E-state index is 0.193. The van der Waals surface area contributed by atoms with E-state index in [1.807, 2.05) is 35.8 Å². The van der Waals surface area contributed by atoms with Gasteiger partial charge in [-0.1, -0.05) is 35.9 Å². The van der Waals surface area contributed by atoms with Crippen molar-refractivity contribution in [3.63, 3.8) is 0 Å². The van der Waals surface area contributed by atoms with Crippen molar-refractivity contribution >= 4 is 34.2 Å². The number of fused-ring (bicyclic) bond motifs is 1. The standard InChI is InChI=1S/C24H28ClN3O2/c1-2-30-24(29)18-28-17-19(22-8-3-4-9-23(22)28)10-11-26-12-14-27(15-13-26)21-7-5-6-20(25)16-21/h3-9,16-17H,2,10-15,18H2,1H3. The zero-order valence-electron chi connectivity index (χ0n) is 17.4. The highest BCUT2D eigenvalue weighted by molar-refractivity contribution is 6.30. The van der Waals surface area contributed by atoms with Crippen molar-refractivity contribution < 1.29 is 9.53 Å². The lowest BCUT2D eigenvalue weighted by molar-refractivity contribution is -0.143. The third-order valence-electron chi connectivity index (χ3n) is 5.72. The molecule has 0 spiro atoms. The van der Waals surface area contributed by atoms with Crippen LogP contribution in [0, 0.1) is 0 Å². The Kier molecular flexibility index (Phi) is 6.60. The molecule has 0 aliphatic carbocycles. The number of hydrogen-bond acceptors (Lipinski definition) is 4. The van der Waals surface area contributed by atoms with E-state index in [2.05, 4.69) is 40.3 Å². The zero-order valence-corrected chi connectivity index (χ0v) is 18.1. The number of benzene rings is 2. The molecule has 6 heteroatoms. The SMILES string of the molecule is CCOC(=O)Cn1cc(CCN2CCN(c3cccc(Cl)c3)CC2)c2ccccc21. The maximum atomic E-state index is 12.0. The maximum absolute atomic E-state index is 12.0. The van der Waals surface area contributed by atoms with Gasteiger partial charge in [0.2, 0.25) is 0 Å². The molecule has 0 N–H and O–H groups in total. The van der Waals surface area contributed by atoms with Crippen molar-refractivity contribution in [1.82, 2.24) is 9.47 Å². The van der Waals surface area contributed by atoms with Gasteiger partial charge >= 0.3 is 5.97 Å².